The van der Waals surface area contributed by atoms with E-state index in [0.29, 0.717) is 36.9 Å². The first-order valence-electron chi connectivity index (χ1n) is 6.78. The summed E-state index contributed by atoms with van der Waals surface area (Å²) in [6.07, 6.45) is 0.324. The highest BCUT2D eigenvalue weighted by Crippen LogP contribution is 2.28. The molecule has 0 fully saturated rings. The van der Waals surface area contributed by atoms with Crippen LogP contribution in [0.1, 0.15) is 5.56 Å². The molecule has 0 aliphatic rings. The van der Waals surface area contributed by atoms with Gasteiger partial charge in [-0.05, 0) is 42.0 Å². The fourth-order valence-electron chi connectivity index (χ4n) is 1.87. The predicted octanol–water partition coefficient (Wildman–Crippen LogP) is 3.36. The molecule has 0 saturated carbocycles. The molecule has 0 aromatic heterocycles. The molecule has 0 saturated heterocycles. The number of rotatable bonds is 7. The number of methoxy groups -OCH3 is 1. The number of nitriles is 1. The molecule has 0 heterocycles. The average Bonchev–Trinajstić information content (AvgIpc) is 2.54. The van der Waals surface area contributed by atoms with Crippen LogP contribution in [0.15, 0.2) is 42.5 Å². The molecule has 114 valence electrons. The van der Waals surface area contributed by atoms with Gasteiger partial charge < -0.3 is 14.2 Å². The van der Waals surface area contributed by atoms with Crippen molar-refractivity contribution in [3.8, 4) is 23.3 Å². The molecule has 5 heteroatoms. The van der Waals surface area contributed by atoms with Gasteiger partial charge in [-0.15, -0.1) is 0 Å². The molecular weight excluding hydrogens is 285 g/mol. The Bertz CT molecular complexity index is 650. The van der Waals surface area contributed by atoms with Crippen LogP contribution >= 0.6 is 0 Å². The van der Waals surface area contributed by atoms with E-state index in [1.165, 1.54) is 12.1 Å². The van der Waals surface area contributed by atoms with Gasteiger partial charge in [0.05, 0.1) is 19.6 Å². The highest BCUT2D eigenvalue weighted by Gasteiger charge is 2.06. The van der Waals surface area contributed by atoms with E-state index in [0.717, 1.165) is 5.56 Å². The lowest BCUT2D eigenvalue weighted by molar-refractivity contribution is 0.211. The molecule has 0 amide bonds. The molecule has 0 atom stereocenters. The maximum Gasteiger partial charge on any atom is 0.161 e. The van der Waals surface area contributed by atoms with Crippen LogP contribution in [0.4, 0.5) is 4.39 Å². The summed E-state index contributed by atoms with van der Waals surface area (Å²) in [5, 5.41) is 8.69. The van der Waals surface area contributed by atoms with Gasteiger partial charge in [0.15, 0.2) is 11.5 Å². The molecule has 2 rings (SSSR count). The molecular formula is C17H16FNO3. The number of hydrogen-bond acceptors (Lipinski definition) is 4. The van der Waals surface area contributed by atoms with Gasteiger partial charge in [-0.1, -0.05) is 6.07 Å². The Balaban J connectivity index is 1.86. The van der Waals surface area contributed by atoms with E-state index in [9.17, 15) is 4.39 Å². The molecule has 22 heavy (non-hydrogen) atoms. The van der Waals surface area contributed by atoms with Crippen molar-refractivity contribution in [1.82, 2.24) is 0 Å². The van der Waals surface area contributed by atoms with Crippen molar-refractivity contribution in [2.45, 2.75) is 6.42 Å². The van der Waals surface area contributed by atoms with Crippen molar-refractivity contribution in [2.24, 2.45) is 0 Å². The van der Waals surface area contributed by atoms with Crippen LogP contribution in [0, 0.1) is 17.1 Å². The highest BCUT2D eigenvalue weighted by atomic mass is 19.1. The highest BCUT2D eigenvalue weighted by molar-refractivity contribution is 5.43. The van der Waals surface area contributed by atoms with Gasteiger partial charge >= 0.3 is 0 Å². The first-order valence-corrected chi connectivity index (χ1v) is 6.78. The molecule has 0 spiro atoms. The van der Waals surface area contributed by atoms with E-state index in [4.69, 9.17) is 19.5 Å². The van der Waals surface area contributed by atoms with Crippen molar-refractivity contribution in [3.63, 3.8) is 0 Å². The number of hydrogen-bond donors (Lipinski definition) is 0. The van der Waals surface area contributed by atoms with E-state index >= 15 is 0 Å². The van der Waals surface area contributed by atoms with Crippen LogP contribution in [0.3, 0.4) is 0 Å². The maximum atomic E-state index is 12.8. The fourth-order valence-corrected chi connectivity index (χ4v) is 1.87. The first-order chi connectivity index (χ1) is 10.7. The SMILES string of the molecule is COc1cc(CC#N)ccc1OCCOc1ccc(F)cc1. The minimum absolute atomic E-state index is 0.300. The lowest BCUT2D eigenvalue weighted by atomic mass is 10.1. The molecule has 0 N–H and O–H groups in total. The van der Waals surface area contributed by atoms with E-state index in [1.807, 2.05) is 6.07 Å². The Morgan fingerprint density at radius 3 is 2.41 bits per heavy atom. The van der Waals surface area contributed by atoms with Crippen LogP contribution in [0.5, 0.6) is 17.2 Å². The molecule has 0 radical (unpaired) electrons. The van der Waals surface area contributed by atoms with Crippen molar-refractivity contribution in [1.29, 1.82) is 5.26 Å². The first kappa shape index (κ1) is 15.6. The topological polar surface area (TPSA) is 51.5 Å². The van der Waals surface area contributed by atoms with Gasteiger partial charge in [-0.2, -0.15) is 5.26 Å². The zero-order valence-corrected chi connectivity index (χ0v) is 12.2. The Labute approximate surface area is 128 Å². The molecule has 4 nitrogen and oxygen atoms in total. The van der Waals surface area contributed by atoms with Crippen LogP contribution in [-0.4, -0.2) is 20.3 Å². The zero-order chi connectivity index (χ0) is 15.8. The van der Waals surface area contributed by atoms with Crippen LogP contribution in [0.2, 0.25) is 0 Å². The van der Waals surface area contributed by atoms with Gasteiger partial charge in [0.1, 0.15) is 24.8 Å². The van der Waals surface area contributed by atoms with Crippen molar-refractivity contribution >= 4 is 0 Å². The van der Waals surface area contributed by atoms with Crippen molar-refractivity contribution in [3.05, 3.63) is 53.8 Å². The van der Waals surface area contributed by atoms with Gasteiger partial charge in [0.2, 0.25) is 0 Å². The zero-order valence-electron chi connectivity index (χ0n) is 12.2. The van der Waals surface area contributed by atoms with E-state index in [1.54, 1.807) is 31.4 Å². The summed E-state index contributed by atoms with van der Waals surface area (Å²) in [5.41, 5.74) is 0.870. The third-order valence-electron chi connectivity index (χ3n) is 2.93. The Kier molecular flexibility index (Phi) is 5.61. The van der Waals surface area contributed by atoms with E-state index in [-0.39, 0.29) is 5.82 Å². The van der Waals surface area contributed by atoms with E-state index in [2.05, 4.69) is 6.07 Å². The van der Waals surface area contributed by atoms with Crippen LogP contribution in [0.25, 0.3) is 0 Å². The smallest absolute Gasteiger partial charge is 0.161 e. The van der Waals surface area contributed by atoms with Crippen LogP contribution < -0.4 is 14.2 Å². The Morgan fingerprint density at radius 1 is 1.00 bits per heavy atom. The van der Waals surface area contributed by atoms with Gasteiger partial charge in [-0.25, -0.2) is 4.39 Å². The minimum atomic E-state index is -0.300. The average molecular weight is 301 g/mol. The van der Waals surface area contributed by atoms with Gasteiger partial charge in [0, 0.05) is 0 Å². The molecule has 0 unspecified atom stereocenters. The second-order valence-electron chi connectivity index (χ2n) is 4.47. The molecule has 0 bridgehead atoms. The summed E-state index contributed by atoms with van der Waals surface area (Å²) in [6, 6.07) is 13.3. The normalized spacial score (nSPS) is 9.86. The van der Waals surface area contributed by atoms with Crippen molar-refractivity contribution < 1.29 is 18.6 Å². The third kappa shape index (κ3) is 4.38. The minimum Gasteiger partial charge on any atom is -0.493 e. The summed E-state index contributed by atoms with van der Waals surface area (Å²) in [7, 11) is 1.55. The van der Waals surface area contributed by atoms with Gasteiger partial charge in [-0.3, -0.25) is 0 Å². The largest absolute Gasteiger partial charge is 0.493 e. The summed E-state index contributed by atoms with van der Waals surface area (Å²) in [5.74, 6) is 1.45. The lowest BCUT2D eigenvalue weighted by Gasteiger charge is -2.12. The number of ether oxygens (including phenoxy) is 3. The van der Waals surface area contributed by atoms with Crippen molar-refractivity contribution in [2.75, 3.05) is 20.3 Å². The van der Waals surface area contributed by atoms with E-state index < -0.39 is 0 Å². The third-order valence-corrected chi connectivity index (χ3v) is 2.93. The van der Waals surface area contributed by atoms with Gasteiger partial charge in [0.25, 0.3) is 0 Å². The summed E-state index contributed by atoms with van der Waals surface area (Å²) >= 11 is 0. The second-order valence-corrected chi connectivity index (χ2v) is 4.47. The number of nitrogens with zero attached hydrogens (tertiary/aromatic N) is 1. The predicted molar refractivity (Wildman–Crippen MR) is 79.7 cm³/mol. The quantitative estimate of drug-likeness (QED) is 0.736. The maximum absolute atomic E-state index is 12.8. The monoisotopic (exact) mass is 301 g/mol. The number of halogens is 1. The second kappa shape index (κ2) is 7.89. The molecule has 0 aliphatic carbocycles. The lowest BCUT2D eigenvalue weighted by Crippen LogP contribution is -2.09. The van der Waals surface area contributed by atoms with Crippen LogP contribution in [-0.2, 0) is 6.42 Å². The summed E-state index contributed by atoms with van der Waals surface area (Å²) < 4.78 is 29.0. The molecule has 2 aromatic carbocycles. The summed E-state index contributed by atoms with van der Waals surface area (Å²) in [4.78, 5) is 0. The molecule has 2 aromatic rings. The standard InChI is InChI=1S/C17H16FNO3/c1-20-17-12-13(8-9-19)2-7-16(17)22-11-10-21-15-5-3-14(18)4-6-15/h2-7,12H,8,10-11H2,1H3. The molecule has 0 aliphatic heterocycles. The Morgan fingerprint density at radius 2 is 1.73 bits per heavy atom. The number of benzene rings is 2. The Hall–Kier alpha value is -2.74. The summed E-state index contributed by atoms with van der Waals surface area (Å²) in [6.45, 7) is 0.653. The fraction of sp³-hybridized carbons (Fsp3) is 0.235.